The van der Waals surface area contributed by atoms with Gasteiger partial charge in [0.05, 0.1) is 18.6 Å². The van der Waals surface area contributed by atoms with Crippen LogP contribution in [0.25, 0.3) is 0 Å². The summed E-state index contributed by atoms with van der Waals surface area (Å²) >= 11 is 0. The molecule has 0 aliphatic rings. The molecule has 1 unspecified atom stereocenters. The van der Waals surface area contributed by atoms with E-state index in [1.165, 1.54) is 0 Å². The Morgan fingerprint density at radius 2 is 2.12 bits per heavy atom. The summed E-state index contributed by atoms with van der Waals surface area (Å²) in [6.07, 6.45) is -0.211. The molecule has 0 radical (unpaired) electrons. The van der Waals surface area contributed by atoms with Crippen LogP contribution in [0.4, 0.5) is 0 Å². The van der Waals surface area contributed by atoms with Gasteiger partial charge in [-0.15, -0.1) is 0 Å². The first-order chi connectivity index (χ1) is 7.63. The van der Waals surface area contributed by atoms with Crippen molar-refractivity contribution in [1.29, 1.82) is 5.26 Å². The van der Waals surface area contributed by atoms with Gasteiger partial charge in [-0.05, 0) is 24.6 Å². The number of amides is 1. The van der Waals surface area contributed by atoms with Crippen molar-refractivity contribution in [2.24, 2.45) is 0 Å². The molecular formula is C12H14N2O2. The number of rotatable bonds is 4. The summed E-state index contributed by atoms with van der Waals surface area (Å²) in [6.45, 7) is 1.84. The molecule has 0 fully saturated rings. The Labute approximate surface area is 94.5 Å². The fourth-order valence-corrected chi connectivity index (χ4v) is 1.21. The molecule has 2 N–H and O–H groups in total. The van der Waals surface area contributed by atoms with Crippen LogP contribution in [-0.4, -0.2) is 23.7 Å². The number of aliphatic hydroxyl groups is 1. The molecule has 4 nitrogen and oxygen atoms in total. The maximum Gasteiger partial charge on any atom is 0.251 e. The van der Waals surface area contributed by atoms with Crippen LogP contribution in [0, 0.1) is 11.3 Å². The lowest BCUT2D eigenvalue weighted by atomic mass is 10.1. The topological polar surface area (TPSA) is 73.1 Å². The van der Waals surface area contributed by atoms with Crippen LogP contribution in [0.3, 0.4) is 0 Å². The van der Waals surface area contributed by atoms with Crippen LogP contribution in [0.15, 0.2) is 24.3 Å². The molecule has 4 heteroatoms. The summed E-state index contributed by atoms with van der Waals surface area (Å²) in [5.41, 5.74) is 1.41. The summed E-state index contributed by atoms with van der Waals surface area (Å²) in [5, 5.41) is 20.1. The minimum Gasteiger partial charge on any atom is -0.392 e. The van der Waals surface area contributed by atoms with Gasteiger partial charge in [-0.2, -0.15) is 5.26 Å². The molecule has 1 rings (SSSR count). The normalized spacial score (nSPS) is 11.6. The monoisotopic (exact) mass is 218 g/mol. The molecule has 1 aromatic rings. The van der Waals surface area contributed by atoms with Crippen molar-refractivity contribution in [2.75, 3.05) is 6.54 Å². The molecule has 0 aromatic heterocycles. The molecule has 1 atom stereocenters. The van der Waals surface area contributed by atoms with Gasteiger partial charge in [0.1, 0.15) is 0 Å². The second kappa shape index (κ2) is 5.89. The number of nitrogens with one attached hydrogen (secondary N) is 1. The smallest absolute Gasteiger partial charge is 0.251 e. The van der Waals surface area contributed by atoms with E-state index >= 15 is 0 Å². The number of carbonyl (C=O) groups excluding carboxylic acids is 1. The van der Waals surface area contributed by atoms with Crippen molar-refractivity contribution >= 4 is 5.91 Å². The molecule has 0 aliphatic carbocycles. The van der Waals surface area contributed by atoms with Gasteiger partial charge in [-0.25, -0.2) is 0 Å². The van der Waals surface area contributed by atoms with Gasteiger partial charge in [-0.3, -0.25) is 4.79 Å². The molecular weight excluding hydrogens is 204 g/mol. The second-order valence-corrected chi connectivity index (χ2v) is 3.59. The van der Waals surface area contributed by atoms with E-state index in [0.29, 0.717) is 12.0 Å². The number of hydrogen-bond acceptors (Lipinski definition) is 3. The highest BCUT2D eigenvalue weighted by molar-refractivity contribution is 5.94. The summed E-state index contributed by atoms with van der Waals surface area (Å²) < 4.78 is 0. The molecule has 16 heavy (non-hydrogen) atoms. The zero-order valence-corrected chi connectivity index (χ0v) is 9.10. The predicted octanol–water partition coefficient (Wildman–Crippen LogP) is 0.863. The van der Waals surface area contributed by atoms with E-state index in [9.17, 15) is 4.79 Å². The lowest BCUT2D eigenvalue weighted by molar-refractivity contribution is 0.0924. The first kappa shape index (κ1) is 12.2. The highest BCUT2D eigenvalue weighted by Gasteiger charge is 2.05. The number of aliphatic hydroxyl groups excluding tert-OH is 1. The van der Waals surface area contributed by atoms with Crippen LogP contribution in [0.1, 0.15) is 22.8 Å². The quantitative estimate of drug-likeness (QED) is 0.787. The lowest BCUT2D eigenvalue weighted by Crippen LogP contribution is -2.30. The van der Waals surface area contributed by atoms with Crippen molar-refractivity contribution < 1.29 is 9.90 Å². The van der Waals surface area contributed by atoms with Gasteiger partial charge in [0.15, 0.2) is 0 Å². The summed E-state index contributed by atoms with van der Waals surface area (Å²) in [5.74, 6) is -0.218. The summed E-state index contributed by atoms with van der Waals surface area (Å²) in [4.78, 5) is 11.5. The Bertz CT molecular complexity index is 390. The lowest BCUT2D eigenvalue weighted by Gasteiger charge is -2.07. The first-order valence-corrected chi connectivity index (χ1v) is 5.05. The number of benzene rings is 1. The van der Waals surface area contributed by atoms with Crippen molar-refractivity contribution in [3.8, 4) is 6.07 Å². The molecule has 0 aliphatic heterocycles. The van der Waals surface area contributed by atoms with E-state index in [1.54, 1.807) is 31.2 Å². The Morgan fingerprint density at radius 3 is 2.62 bits per heavy atom. The molecule has 1 aromatic carbocycles. The van der Waals surface area contributed by atoms with Gasteiger partial charge in [0.2, 0.25) is 0 Å². The van der Waals surface area contributed by atoms with Crippen LogP contribution in [0.2, 0.25) is 0 Å². The van der Waals surface area contributed by atoms with Crippen molar-refractivity contribution in [2.45, 2.75) is 19.4 Å². The zero-order chi connectivity index (χ0) is 12.0. The third-order valence-electron chi connectivity index (χ3n) is 2.06. The second-order valence-electron chi connectivity index (χ2n) is 3.59. The van der Waals surface area contributed by atoms with Gasteiger partial charge < -0.3 is 10.4 Å². The fourth-order valence-electron chi connectivity index (χ4n) is 1.21. The third-order valence-corrected chi connectivity index (χ3v) is 2.06. The van der Waals surface area contributed by atoms with Gasteiger partial charge in [-0.1, -0.05) is 12.1 Å². The number of carbonyl (C=O) groups is 1. The Balaban J connectivity index is 2.60. The Morgan fingerprint density at radius 1 is 1.50 bits per heavy atom. The Kier molecular flexibility index (Phi) is 4.49. The standard InChI is InChI=1S/C12H14N2O2/c1-9(15)8-14-12(16)11-4-2-10(3-5-11)6-7-13/h2-5,9,15H,6,8H2,1H3,(H,14,16). The molecule has 0 saturated carbocycles. The highest BCUT2D eigenvalue weighted by Crippen LogP contribution is 2.04. The number of hydrogen-bond donors (Lipinski definition) is 2. The van der Waals surface area contributed by atoms with E-state index in [1.807, 2.05) is 6.07 Å². The fraction of sp³-hybridized carbons (Fsp3) is 0.333. The van der Waals surface area contributed by atoms with Gasteiger partial charge >= 0.3 is 0 Å². The van der Waals surface area contributed by atoms with Crippen molar-refractivity contribution in [1.82, 2.24) is 5.32 Å². The summed E-state index contributed by atoms with van der Waals surface area (Å²) in [7, 11) is 0. The Hall–Kier alpha value is -1.86. The molecule has 0 bridgehead atoms. The molecule has 0 saturated heterocycles. The molecule has 0 spiro atoms. The molecule has 0 heterocycles. The number of nitriles is 1. The highest BCUT2D eigenvalue weighted by atomic mass is 16.3. The van der Waals surface area contributed by atoms with E-state index in [-0.39, 0.29) is 12.5 Å². The van der Waals surface area contributed by atoms with Crippen molar-refractivity contribution in [3.05, 3.63) is 35.4 Å². The maximum atomic E-state index is 11.5. The van der Waals surface area contributed by atoms with E-state index < -0.39 is 6.10 Å². The average molecular weight is 218 g/mol. The minimum atomic E-state index is -0.554. The average Bonchev–Trinajstić information content (AvgIpc) is 2.27. The maximum absolute atomic E-state index is 11.5. The number of nitrogens with zero attached hydrogens (tertiary/aromatic N) is 1. The minimum absolute atomic E-state index is 0.218. The SMILES string of the molecule is CC(O)CNC(=O)c1ccc(CC#N)cc1. The van der Waals surface area contributed by atoms with E-state index in [4.69, 9.17) is 10.4 Å². The van der Waals surface area contributed by atoms with E-state index in [0.717, 1.165) is 5.56 Å². The van der Waals surface area contributed by atoms with Crippen LogP contribution in [0.5, 0.6) is 0 Å². The first-order valence-electron chi connectivity index (χ1n) is 5.05. The molecule has 84 valence electrons. The van der Waals surface area contributed by atoms with Crippen LogP contribution in [-0.2, 0) is 6.42 Å². The predicted molar refractivity (Wildman–Crippen MR) is 59.8 cm³/mol. The summed E-state index contributed by atoms with van der Waals surface area (Å²) in [6, 6.07) is 8.88. The van der Waals surface area contributed by atoms with Crippen LogP contribution < -0.4 is 5.32 Å². The van der Waals surface area contributed by atoms with E-state index in [2.05, 4.69) is 5.32 Å². The van der Waals surface area contributed by atoms with Gasteiger partial charge in [0, 0.05) is 12.1 Å². The zero-order valence-electron chi connectivity index (χ0n) is 9.10. The largest absolute Gasteiger partial charge is 0.392 e. The third kappa shape index (κ3) is 3.71. The van der Waals surface area contributed by atoms with Crippen LogP contribution >= 0.6 is 0 Å². The van der Waals surface area contributed by atoms with Crippen molar-refractivity contribution in [3.63, 3.8) is 0 Å². The molecule has 1 amide bonds. The van der Waals surface area contributed by atoms with Gasteiger partial charge in [0.25, 0.3) is 5.91 Å².